The maximum absolute atomic E-state index is 6.20. The highest BCUT2D eigenvalue weighted by Crippen LogP contribution is 2.36. The van der Waals surface area contributed by atoms with E-state index in [1.807, 2.05) is 18.2 Å². The summed E-state index contributed by atoms with van der Waals surface area (Å²) in [5.74, 6) is 1.76. The molecule has 28 heavy (non-hydrogen) atoms. The lowest BCUT2D eigenvalue weighted by Gasteiger charge is -2.22. The molecule has 2 heterocycles. The second-order valence-electron chi connectivity index (χ2n) is 7.35. The molecular weight excluding hydrogens is 395 g/mol. The van der Waals surface area contributed by atoms with Crippen molar-refractivity contribution in [3.63, 3.8) is 0 Å². The highest BCUT2D eigenvalue weighted by molar-refractivity contribution is 5.86. The fourth-order valence-corrected chi connectivity index (χ4v) is 4.10. The maximum atomic E-state index is 6.20. The van der Waals surface area contributed by atoms with E-state index < -0.39 is 0 Å². The summed E-state index contributed by atoms with van der Waals surface area (Å²) in [6, 6.07) is 6.13. The number of hydrogen-bond acceptors (Lipinski definition) is 6. The Balaban J connectivity index is 0.00000140. The normalized spacial score (nSPS) is 17.8. The van der Waals surface area contributed by atoms with E-state index >= 15 is 0 Å². The molecule has 1 aromatic heterocycles. The summed E-state index contributed by atoms with van der Waals surface area (Å²) in [4.78, 5) is 12.2. The number of aromatic nitrogens is 2. The molecule has 0 saturated carbocycles. The first-order valence-corrected chi connectivity index (χ1v) is 9.69. The van der Waals surface area contributed by atoms with Crippen molar-refractivity contribution in [2.45, 2.75) is 45.1 Å². The van der Waals surface area contributed by atoms with E-state index in [-0.39, 0.29) is 24.8 Å². The van der Waals surface area contributed by atoms with Crippen molar-refractivity contribution in [1.82, 2.24) is 15.3 Å². The van der Waals surface area contributed by atoms with Gasteiger partial charge in [0.15, 0.2) is 5.82 Å². The highest BCUT2D eigenvalue weighted by Gasteiger charge is 2.29. The van der Waals surface area contributed by atoms with Crippen LogP contribution in [0.3, 0.4) is 0 Å². The van der Waals surface area contributed by atoms with Gasteiger partial charge >= 0.3 is 0 Å². The van der Waals surface area contributed by atoms with Gasteiger partial charge in [0, 0.05) is 41.8 Å². The molecule has 0 radical (unpaired) electrons. The zero-order chi connectivity index (χ0) is 18.1. The Morgan fingerprint density at radius 1 is 1.14 bits per heavy atom. The minimum absolute atomic E-state index is 0. The third-order valence-electron chi connectivity index (χ3n) is 5.43. The molecule has 5 N–H and O–H groups in total. The monoisotopic (exact) mass is 424 g/mol. The molecule has 1 fully saturated rings. The van der Waals surface area contributed by atoms with Crippen molar-refractivity contribution in [3.05, 3.63) is 29.5 Å². The van der Waals surface area contributed by atoms with E-state index in [1.165, 1.54) is 5.56 Å². The molecule has 154 valence electrons. The molecular formula is C20H30Cl2N6. The minimum Gasteiger partial charge on any atom is -0.398 e. The summed E-state index contributed by atoms with van der Waals surface area (Å²) < 4.78 is 0. The average Bonchev–Trinajstić information content (AvgIpc) is 3.28. The van der Waals surface area contributed by atoms with Crippen molar-refractivity contribution in [2.75, 3.05) is 36.0 Å². The number of nitrogens with zero attached hydrogens (tertiary/aromatic N) is 3. The van der Waals surface area contributed by atoms with Gasteiger partial charge in [-0.1, -0.05) is 13.0 Å². The molecule has 2 aromatic rings. The summed E-state index contributed by atoms with van der Waals surface area (Å²) in [6.45, 7) is 5.31. The van der Waals surface area contributed by atoms with Gasteiger partial charge in [0.2, 0.25) is 0 Å². The van der Waals surface area contributed by atoms with Gasteiger partial charge in [-0.2, -0.15) is 0 Å². The van der Waals surface area contributed by atoms with E-state index in [0.717, 1.165) is 68.8 Å². The van der Waals surface area contributed by atoms with Crippen LogP contribution < -0.4 is 21.7 Å². The third kappa shape index (κ3) is 4.29. The number of benzene rings is 1. The second kappa shape index (κ2) is 9.63. The Morgan fingerprint density at radius 3 is 2.61 bits per heavy atom. The van der Waals surface area contributed by atoms with Gasteiger partial charge in [-0.15, -0.1) is 24.8 Å². The molecule has 1 aliphatic heterocycles. The molecule has 2 aliphatic rings. The number of nitrogens with two attached hydrogens (primary N) is 2. The fourth-order valence-electron chi connectivity index (χ4n) is 4.10. The molecule has 0 bridgehead atoms. The first kappa shape index (κ1) is 22.5. The maximum Gasteiger partial charge on any atom is 0.165 e. The molecule has 8 heteroatoms. The summed E-state index contributed by atoms with van der Waals surface area (Å²) in [6.07, 6.45) is 5.54. The van der Waals surface area contributed by atoms with E-state index in [2.05, 4.69) is 17.1 Å². The fraction of sp³-hybridized carbons (Fsp3) is 0.500. The zero-order valence-electron chi connectivity index (χ0n) is 16.3. The molecule has 1 saturated heterocycles. The topological polar surface area (TPSA) is 93.1 Å². The van der Waals surface area contributed by atoms with E-state index in [0.29, 0.717) is 23.2 Å². The van der Waals surface area contributed by atoms with Crippen molar-refractivity contribution in [1.29, 1.82) is 0 Å². The van der Waals surface area contributed by atoms with Crippen LogP contribution in [0.1, 0.15) is 37.4 Å². The Labute approximate surface area is 179 Å². The summed E-state index contributed by atoms with van der Waals surface area (Å²) in [7, 11) is 0. The SMILES string of the molecule is CCCNC1CCN(c2nc(-c3c(N)cccc3N)nc3c2CCC3)C1.Cl.Cl. The predicted molar refractivity (Wildman–Crippen MR) is 122 cm³/mol. The van der Waals surface area contributed by atoms with Crippen LogP contribution >= 0.6 is 24.8 Å². The lowest BCUT2D eigenvalue weighted by atomic mass is 10.1. The Morgan fingerprint density at radius 2 is 1.89 bits per heavy atom. The smallest absolute Gasteiger partial charge is 0.165 e. The van der Waals surface area contributed by atoms with Gasteiger partial charge in [-0.05, 0) is 50.8 Å². The van der Waals surface area contributed by atoms with Gasteiger partial charge in [0.05, 0.1) is 5.56 Å². The molecule has 1 unspecified atom stereocenters. The van der Waals surface area contributed by atoms with Gasteiger partial charge in [-0.25, -0.2) is 9.97 Å². The van der Waals surface area contributed by atoms with Crippen LogP contribution in [0.15, 0.2) is 18.2 Å². The van der Waals surface area contributed by atoms with Crippen LogP contribution in [0.4, 0.5) is 17.2 Å². The van der Waals surface area contributed by atoms with Gasteiger partial charge in [0.25, 0.3) is 0 Å². The van der Waals surface area contributed by atoms with Crippen LogP contribution in [0.25, 0.3) is 11.4 Å². The van der Waals surface area contributed by atoms with Gasteiger partial charge < -0.3 is 21.7 Å². The lowest BCUT2D eigenvalue weighted by Crippen LogP contribution is -2.33. The van der Waals surface area contributed by atoms with E-state index in [1.54, 1.807) is 0 Å². The predicted octanol–water partition coefficient (Wildman–Crippen LogP) is 3.22. The van der Waals surface area contributed by atoms with Crippen LogP contribution in [0.5, 0.6) is 0 Å². The zero-order valence-corrected chi connectivity index (χ0v) is 17.9. The largest absolute Gasteiger partial charge is 0.398 e. The number of nitrogens with one attached hydrogen (secondary N) is 1. The first-order valence-electron chi connectivity index (χ1n) is 9.69. The quantitative estimate of drug-likeness (QED) is 0.637. The van der Waals surface area contributed by atoms with Crippen molar-refractivity contribution >= 4 is 42.0 Å². The molecule has 1 atom stereocenters. The van der Waals surface area contributed by atoms with Crippen LogP contribution in [-0.2, 0) is 12.8 Å². The van der Waals surface area contributed by atoms with Crippen molar-refractivity contribution in [2.24, 2.45) is 0 Å². The highest BCUT2D eigenvalue weighted by atomic mass is 35.5. The molecule has 1 aromatic carbocycles. The standard InChI is InChI=1S/C20H28N6.2ClH/c1-2-10-23-13-9-11-26(12-13)20-14-5-3-8-17(14)24-19(25-20)18-15(21)6-4-7-16(18)22;;/h4,6-7,13,23H,2-3,5,8-12,21-22H2,1H3;2*1H. The van der Waals surface area contributed by atoms with Crippen LogP contribution in [-0.4, -0.2) is 35.6 Å². The first-order chi connectivity index (χ1) is 12.7. The molecule has 6 nitrogen and oxygen atoms in total. The number of halogens is 2. The second-order valence-corrected chi connectivity index (χ2v) is 7.35. The lowest BCUT2D eigenvalue weighted by molar-refractivity contribution is 0.549. The van der Waals surface area contributed by atoms with E-state index in [9.17, 15) is 0 Å². The van der Waals surface area contributed by atoms with Crippen molar-refractivity contribution < 1.29 is 0 Å². The van der Waals surface area contributed by atoms with Crippen molar-refractivity contribution in [3.8, 4) is 11.4 Å². The molecule has 4 rings (SSSR count). The summed E-state index contributed by atoms with van der Waals surface area (Å²) in [5, 5.41) is 3.64. The van der Waals surface area contributed by atoms with Crippen LogP contribution in [0, 0.1) is 0 Å². The molecule has 0 amide bonds. The summed E-state index contributed by atoms with van der Waals surface area (Å²) >= 11 is 0. The number of anilines is 3. The Kier molecular flexibility index (Phi) is 7.75. The molecule has 1 aliphatic carbocycles. The number of hydrogen-bond donors (Lipinski definition) is 3. The molecule has 0 spiro atoms. The van der Waals surface area contributed by atoms with Crippen LogP contribution in [0.2, 0.25) is 0 Å². The van der Waals surface area contributed by atoms with E-state index in [4.69, 9.17) is 21.4 Å². The number of rotatable bonds is 5. The van der Waals surface area contributed by atoms with Gasteiger partial charge in [0.1, 0.15) is 5.82 Å². The Hall–Kier alpha value is -1.76. The summed E-state index contributed by atoms with van der Waals surface area (Å²) in [5.41, 5.74) is 16.9. The minimum atomic E-state index is 0. The number of fused-ring (bicyclic) bond motifs is 1. The number of nitrogen functional groups attached to an aromatic ring is 2. The Bertz CT molecular complexity index is 793. The van der Waals surface area contributed by atoms with Gasteiger partial charge in [-0.3, -0.25) is 0 Å². The third-order valence-corrected chi connectivity index (χ3v) is 5.43. The average molecular weight is 425 g/mol. The number of aryl methyl sites for hydroxylation is 1.